The number of carbonyl (C=O) groups is 1. The van der Waals surface area contributed by atoms with Crippen molar-refractivity contribution in [3.05, 3.63) is 95.3 Å². The Kier molecular flexibility index (Phi) is 9.02. The number of hydrogen-bond acceptors (Lipinski definition) is 10. The molecule has 0 unspecified atom stereocenters. The summed E-state index contributed by atoms with van der Waals surface area (Å²) in [6.45, 7) is 6.47. The zero-order valence-corrected chi connectivity index (χ0v) is 30.0. The van der Waals surface area contributed by atoms with Crippen LogP contribution in [-0.4, -0.2) is 68.3 Å². The van der Waals surface area contributed by atoms with Crippen molar-refractivity contribution in [3.63, 3.8) is 0 Å². The van der Waals surface area contributed by atoms with E-state index in [1.807, 2.05) is 49.6 Å². The number of oxazole rings is 1. The smallest absolute Gasteiger partial charge is 0.306 e. The molecule has 53 heavy (non-hydrogen) atoms. The second kappa shape index (κ2) is 14.0. The Morgan fingerprint density at radius 2 is 1.83 bits per heavy atom. The summed E-state index contributed by atoms with van der Waals surface area (Å²) in [6.07, 6.45) is 6.24. The molecule has 0 spiro atoms. The molecule has 1 saturated carbocycles. The first-order chi connectivity index (χ1) is 25.7. The molecule has 3 N–H and O–H groups in total. The third-order valence-electron chi connectivity index (χ3n) is 11.1. The Balaban J connectivity index is 1.08. The predicted octanol–water partition coefficient (Wildman–Crippen LogP) is 7.59. The van der Waals surface area contributed by atoms with E-state index in [0.717, 1.165) is 81.6 Å². The first-order valence-electron chi connectivity index (χ1n) is 18.1. The number of aliphatic carboxylic acids is 1. The van der Waals surface area contributed by atoms with E-state index in [2.05, 4.69) is 58.2 Å². The van der Waals surface area contributed by atoms with Gasteiger partial charge in [0, 0.05) is 67.4 Å². The van der Waals surface area contributed by atoms with Crippen LogP contribution in [0.2, 0.25) is 0 Å². The summed E-state index contributed by atoms with van der Waals surface area (Å²) < 4.78 is 6.31. The topological polar surface area (TPSA) is 152 Å². The Hall–Kier alpha value is -5.83. The van der Waals surface area contributed by atoms with Crippen molar-refractivity contribution in [2.45, 2.75) is 58.2 Å². The van der Waals surface area contributed by atoms with Gasteiger partial charge >= 0.3 is 5.97 Å². The normalized spacial score (nSPS) is 18.8. The van der Waals surface area contributed by atoms with Crippen LogP contribution in [-0.2, 0) is 11.3 Å². The highest BCUT2D eigenvalue weighted by Gasteiger charge is 2.32. The Morgan fingerprint density at radius 1 is 1.04 bits per heavy atom. The summed E-state index contributed by atoms with van der Waals surface area (Å²) in [5.41, 5.74) is 9.96. The molecule has 1 aliphatic heterocycles. The molecule has 8 rings (SSSR count). The number of aliphatic hydroxyl groups excluding tert-OH is 1. The van der Waals surface area contributed by atoms with Gasteiger partial charge in [0.05, 0.1) is 17.6 Å². The molecule has 3 atom stereocenters. The number of fused-ring (bicyclic) bond motifs is 2. The molecule has 4 heterocycles. The van der Waals surface area contributed by atoms with Crippen LogP contribution in [0.3, 0.4) is 0 Å². The van der Waals surface area contributed by atoms with Gasteiger partial charge in [0.25, 0.3) is 0 Å². The Bertz CT molecular complexity index is 2420. The van der Waals surface area contributed by atoms with Gasteiger partial charge < -0.3 is 24.8 Å². The van der Waals surface area contributed by atoms with Gasteiger partial charge in [-0.25, -0.2) is 9.97 Å². The first kappa shape index (κ1) is 34.3. The van der Waals surface area contributed by atoms with Crippen LogP contribution in [0, 0.1) is 31.1 Å². The number of carboxylic acids is 1. The van der Waals surface area contributed by atoms with E-state index < -0.39 is 5.97 Å². The monoisotopic (exact) mass is 707 g/mol. The Morgan fingerprint density at radius 3 is 2.58 bits per heavy atom. The van der Waals surface area contributed by atoms with Crippen LogP contribution in [0.1, 0.15) is 47.9 Å². The van der Waals surface area contributed by atoms with Crippen LogP contribution in [0.25, 0.3) is 44.6 Å². The van der Waals surface area contributed by atoms with Crippen LogP contribution < -0.4 is 10.2 Å². The molecular formula is C42H41N7O4. The summed E-state index contributed by atoms with van der Waals surface area (Å²) in [5, 5.41) is 34.1. The number of rotatable bonds is 9. The van der Waals surface area contributed by atoms with Crippen LogP contribution in [0.5, 0.6) is 0 Å². The van der Waals surface area contributed by atoms with Gasteiger partial charge in [0.1, 0.15) is 17.1 Å². The fourth-order valence-electron chi connectivity index (χ4n) is 8.01. The van der Waals surface area contributed by atoms with Gasteiger partial charge in [0.2, 0.25) is 5.89 Å². The highest BCUT2D eigenvalue weighted by atomic mass is 16.4. The molecule has 2 fully saturated rings. The first-order valence-corrected chi connectivity index (χ1v) is 18.1. The number of aliphatic hydroxyl groups is 1. The lowest BCUT2D eigenvalue weighted by molar-refractivity contribution is -0.141. The third kappa shape index (κ3) is 6.56. The van der Waals surface area contributed by atoms with E-state index in [9.17, 15) is 20.3 Å². The minimum absolute atomic E-state index is 0.0700. The number of nitriles is 1. The van der Waals surface area contributed by atoms with Gasteiger partial charge in [-0.2, -0.15) is 5.26 Å². The zero-order chi connectivity index (χ0) is 36.8. The van der Waals surface area contributed by atoms with E-state index >= 15 is 0 Å². The lowest BCUT2D eigenvalue weighted by Crippen LogP contribution is -2.29. The molecule has 2 aliphatic rings. The second-order valence-electron chi connectivity index (χ2n) is 14.4. The van der Waals surface area contributed by atoms with Crippen molar-refractivity contribution >= 4 is 45.2 Å². The predicted molar refractivity (Wildman–Crippen MR) is 205 cm³/mol. The molecule has 11 heteroatoms. The van der Waals surface area contributed by atoms with Crippen molar-refractivity contribution in [3.8, 4) is 28.7 Å². The molecule has 11 nitrogen and oxygen atoms in total. The van der Waals surface area contributed by atoms with Gasteiger partial charge in [-0.15, -0.1) is 0 Å². The number of nitrogens with one attached hydrogen (secondary N) is 1. The lowest BCUT2D eigenvalue weighted by Gasteiger charge is -2.26. The summed E-state index contributed by atoms with van der Waals surface area (Å²) >= 11 is 0. The van der Waals surface area contributed by atoms with Crippen molar-refractivity contribution in [1.29, 1.82) is 5.26 Å². The van der Waals surface area contributed by atoms with Crippen LogP contribution in [0.4, 0.5) is 17.2 Å². The SMILES string of the molecule is Cc1c(Nc2nccc3cc(CN4CC[C@@H](O)C4)cnc23)cccc1-c1cccc(-c2nc3cc(N(C)[C@H]4CC[C@H](C(=O)O)C4)cc(C#N)c3o2)c1C. The van der Waals surface area contributed by atoms with Crippen molar-refractivity contribution < 1.29 is 19.4 Å². The minimum Gasteiger partial charge on any atom is -0.481 e. The maximum atomic E-state index is 11.6. The summed E-state index contributed by atoms with van der Waals surface area (Å²) in [6, 6.07) is 22.4. The van der Waals surface area contributed by atoms with Crippen molar-refractivity contribution in [2.24, 2.45) is 5.92 Å². The number of anilines is 3. The summed E-state index contributed by atoms with van der Waals surface area (Å²) in [5.74, 6) is 0.00487. The molecule has 268 valence electrons. The molecule has 1 saturated heterocycles. The molecule has 0 radical (unpaired) electrons. The van der Waals surface area contributed by atoms with Gasteiger partial charge in [-0.3, -0.25) is 14.7 Å². The number of carboxylic acid groups (broad SMARTS) is 1. The number of nitrogens with zero attached hydrogens (tertiary/aromatic N) is 6. The summed E-state index contributed by atoms with van der Waals surface area (Å²) in [4.78, 5) is 30.2. The fraction of sp³-hybridized carbons (Fsp3) is 0.310. The molecule has 3 aromatic carbocycles. The van der Waals surface area contributed by atoms with Crippen molar-refractivity contribution in [2.75, 3.05) is 30.4 Å². The zero-order valence-electron chi connectivity index (χ0n) is 30.0. The molecule has 0 amide bonds. The summed E-state index contributed by atoms with van der Waals surface area (Å²) in [7, 11) is 1.95. The largest absolute Gasteiger partial charge is 0.481 e. The average molecular weight is 708 g/mol. The molecule has 6 aromatic rings. The highest BCUT2D eigenvalue weighted by molar-refractivity contribution is 5.91. The maximum Gasteiger partial charge on any atom is 0.306 e. The number of likely N-dealkylation sites (tertiary alicyclic amines) is 1. The van der Waals surface area contributed by atoms with Crippen LogP contribution in [0.15, 0.2) is 77.5 Å². The quantitative estimate of drug-likeness (QED) is 0.136. The maximum absolute atomic E-state index is 11.6. The second-order valence-corrected chi connectivity index (χ2v) is 14.4. The Labute approximate surface area is 307 Å². The molecular weight excluding hydrogens is 667 g/mol. The molecule has 1 aliphatic carbocycles. The van der Waals surface area contributed by atoms with Gasteiger partial charge in [-0.05, 0) is 104 Å². The van der Waals surface area contributed by atoms with Crippen LogP contribution >= 0.6 is 0 Å². The molecule has 0 bridgehead atoms. The van der Waals surface area contributed by atoms with Crippen molar-refractivity contribution in [1.82, 2.24) is 19.9 Å². The minimum atomic E-state index is -0.754. The fourth-order valence-corrected chi connectivity index (χ4v) is 8.01. The lowest BCUT2D eigenvalue weighted by atomic mass is 9.93. The van der Waals surface area contributed by atoms with Gasteiger partial charge in [0.15, 0.2) is 11.4 Å². The number of β-amino-alcohol motifs (C(OH)–C–C–N with tert-alkyl or cyclic N) is 1. The molecule has 3 aromatic heterocycles. The number of hydrogen-bond donors (Lipinski definition) is 3. The third-order valence-corrected chi connectivity index (χ3v) is 11.1. The number of pyridine rings is 2. The van der Waals surface area contributed by atoms with E-state index in [-0.39, 0.29) is 18.1 Å². The average Bonchev–Trinajstić information content (AvgIpc) is 3.92. The number of benzene rings is 3. The van der Waals surface area contributed by atoms with E-state index in [4.69, 9.17) is 14.4 Å². The standard InChI is InChI=1S/C42H41N7O4/c1-24-33(6-4-8-35(24)41-47-37-19-31(18-29(20-43)39(37)53-41)48(3)30-11-10-28(17-30)42(51)52)34-7-5-9-36(25(34)2)46-40-38-27(12-14-44-40)16-26(21-45-38)22-49-15-13-32(50)23-49/h4-9,12,14,16,18-19,21,28,30,32,50H,10-11,13,15,17,22-23H2,1-3H3,(H,44,46)(H,51,52)/t28-,30-,32+/m0/s1. The van der Waals surface area contributed by atoms with E-state index in [0.29, 0.717) is 47.8 Å². The highest BCUT2D eigenvalue weighted by Crippen LogP contribution is 2.39. The number of aromatic nitrogens is 3. The van der Waals surface area contributed by atoms with E-state index in [1.165, 1.54) is 0 Å². The van der Waals surface area contributed by atoms with E-state index in [1.54, 1.807) is 12.3 Å². The van der Waals surface area contributed by atoms with Gasteiger partial charge in [-0.1, -0.05) is 24.3 Å².